The van der Waals surface area contributed by atoms with E-state index in [9.17, 15) is 18.0 Å². The lowest BCUT2D eigenvalue weighted by molar-refractivity contribution is -0.214. The van der Waals surface area contributed by atoms with Crippen LogP contribution in [0.3, 0.4) is 0 Å². The van der Waals surface area contributed by atoms with Crippen molar-refractivity contribution in [2.75, 3.05) is 13.2 Å². The highest BCUT2D eigenvalue weighted by molar-refractivity contribution is 5.90. The highest BCUT2D eigenvalue weighted by atomic mass is 19.4. The second-order valence-corrected chi connectivity index (χ2v) is 11.5. The molecule has 0 amide bonds. The van der Waals surface area contributed by atoms with Gasteiger partial charge in [0.1, 0.15) is 0 Å². The summed E-state index contributed by atoms with van der Waals surface area (Å²) in [6, 6.07) is 20.0. The number of pyridine rings is 1. The third-order valence-electron chi connectivity index (χ3n) is 7.89. The van der Waals surface area contributed by atoms with Crippen molar-refractivity contribution < 1.29 is 27.4 Å². The van der Waals surface area contributed by atoms with E-state index < -0.39 is 18.2 Å². The van der Waals surface area contributed by atoms with Gasteiger partial charge in [-0.15, -0.1) is 0 Å². The molecular weight excluding hydrogens is 563 g/mol. The summed E-state index contributed by atoms with van der Waals surface area (Å²) in [4.78, 5) is 17.1. The monoisotopic (exact) mass is 611 g/mol. The Hall–Kier alpha value is -3.19. The first-order chi connectivity index (χ1) is 21.3. The summed E-state index contributed by atoms with van der Waals surface area (Å²) in [5, 5.41) is 0. The highest BCUT2D eigenvalue weighted by Crippen LogP contribution is 2.25. The number of carbonyl (C=O) groups excluding carboxylic acids is 1. The van der Waals surface area contributed by atoms with Gasteiger partial charge in [-0.1, -0.05) is 101 Å². The van der Waals surface area contributed by atoms with E-state index in [1.54, 1.807) is 12.1 Å². The third kappa shape index (κ3) is 12.8. The van der Waals surface area contributed by atoms with Crippen LogP contribution in [0.15, 0.2) is 66.9 Å². The lowest BCUT2D eigenvalue weighted by Crippen LogP contribution is -2.28. The number of aryl methyl sites for hydroxylation is 1. The second kappa shape index (κ2) is 19.3. The molecule has 0 radical (unpaired) electrons. The van der Waals surface area contributed by atoms with Gasteiger partial charge >= 0.3 is 12.1 Å². The van der Waals surface area contributed by atoms with Crippen molar-refractivity contribution >= 4 is 5.97 Å². The topological polar surface area (TPSA) is 48.4 Å². The number of unbranched alkanes of at least 4 members (excludes halogenated alkanes) is 10. The number of nitrogens with zero attached hydrogens (tertiary/aromatic N) is 1. The molecule has 7 heteroatoms. The summed E-state index contributed by atoms with van der Waals surface area (Å²) >= 11 is 0. The van der Waals surface area contributed by atoms with E-state index in [4.69, 9.17) is 9.47 Å². The van der Waals surface area contributed by atoms with Gasteiger partial charge in [0.05, 0.1) is 17.9 Å². The lowest BCUT2D eigenvalue weighted by atomic mass is 10.0. The number of aromatic nitrogens is 1. The van der Waals surface area contributed by atoms with Gasteiger partial charge in [-0.05, 0) is 68.4 Å². The molecule has 1 aromatic heterocycles. The van der Waals surface area contributed by atoms with Crippen LogP contribution in [-0.4, -0.2) is 36.4 Å². The van der Waals surface area contributed by atoms with Crippen LogP contribution in [0.25, 0.3) is 22.4 Å². The Bertz CT molecular complexity index is 1210. The average Bonchev–Trinajstić information content (AvgIpc) is 3.03. The standard InChI is InChI=1S/C37H48F3NO3/c1-3-4-5-6-7-8-9-12-15-30-16-18-32(19-17-30)35-25-24-34(28-41-35)31-20-22-33(23-21-31)36(42)44-27-14-11-10-13-26-43-29(2)37(38,39)40/h16-25,28-29H,3-15,26-27H2,1-2H3. The zero-order valence-corrected chi connectivity index (χ0v) is 26.3. The molecule has 1 atom stereocenters. The number of hydrogen-bond acceptors (Lipinski definition) is 4. The summed E-state index contributed by atoms with van der Waals surface area (Å²) < 4.78 is 47.4. The maximum absolute atomic E-state index is 12.4. The molecule has 240 valence electrons. The van der Waals surface area contributed by atoms with Crippen LogP contribution in [0.5, 0.6) is 0 Å². The van der Waals surface area contributed by atoms with Crippen molar-refractivity contribution in [3.05, 3.63) is 78.0 Å². The first-order valence-corrected chi connectivity index (χ1v) is 16.3. The molecule has 0 aliphatic rings. The molecule has 4 nitrogen and oxygen atoms in total. The fourth-order valence-corrected chi connectivity index (χ4v) is 5.00. The number of esters is 1. The van der Waals surface area contributed by atoms with Crippen molar-refractivity contribution in [3.8, 4) is 22.4 Å². The Morgan fingerprint density at radius 2 is 1.27 bits per heavy atom. The Balaban J connectivity index is 1.35. The summed E-state index contributed by atoms with van der Waals surface area (Å²) in [5.41, 5.74) is 5.80. The molecule has 0 aliphatic carbocycles. The van der Waals surface area contributed by atoms with E-state index in [0.717, 1.165) is 42.1 Å². The molecule has 0 saturated heterocycles. The van der Waals surface area contributed by atoms with Crippen LogP contribution in [0.4, 0.5) is 13.2 Å². The van der Waals surface area contributed by atoms with Crippen LogP contribution < -0.4 is 0 Å². The molecule has 44 heavy (non-hydrogen) atoms. The first-order valence-electron chi connectivity index (χ1n) is 16.3. The predicted molar refractivity (Wildman–Crippen MR) is 172 cm³/mol. The Morgan fingerprint density at radius 3 is 1.89 bits per heavy atom. The molecule has 0 aliphatic heterocycles. The van der Waals surface area contributed by atoms with Crippen molar-refractivity contribution in [2.24, 2.45) is 0 Å². The van der Waals surface area contributed by atoms with Gasteiger partial charge in [0.2, 0.25) is 0 Å². The molecule has 0 N–H and O–H groups in total. The number of ether oxygens (including phenoxy) is 2. The van der Waals surface area contributed by atoms with Crippen molar-refractivity contribution in [1.82, 2.24) is 4.98 Å². The smallest absolute Gasteiger partial charge is 0.414 e. The quantitative estimate of drug-likeness (QED) is 0.0942. The molecule has 3 aromatic rings. The van der Waals surface area contributed by atoms with E-state index in [-0.39, 0.29) is 13.2 Å². The average molecular weight is 612 g/mol. The number of benzene rings is 2. The van der Waals surface area contributed by atoms with E-state index in [0.29, 0.717) is 24.8 Å². The zero-order valence-electron chi connectivity index (χ0n) is 26.3. The summed E-state index contributed by atoms with van der Waals surface area (Å²) in [6.45, 7) is 3.60. The normalized spacial score (nSPS) is 12.3. The molecule has 1 heterocycles. The van der Waals surface area contributed by atoms with Gasteiger partial charge in [-0.2, -0.15) is 13.2 Å². The minimum Gasteiger partial charge on any atom is -0.462 e. The van der Waals surface area contributed by atoms with Crippen LogP contribution in [0.2, 0.25) is 0 Å². The first kappa shape index (κ1) is 35.3. The van der Waals surface area contributed by atoms with E-state index in [1.807, 2.05) is 30.5 Å². The molecule has 0 fully saturated rings. The summed E-state index contributed by atoms with van der Waals surface area (Å²) in [5.74, 6) is -0.391. The van der Waals surface area contributed by atoms with Gasteiger partial charge in [0.25, 0.3) is 0 Å². The Morgan fingerprint density at radius 1 is 0.705 bits per heavy atom. The SMILES string of the molecule is CCCCCCCCCCc1ccc(-c2ccc(-c3ccc(C(=O)OCCCCCCOC(C)C(F)(F)F)cc3)cn2)cc1. The van der Waals surface area contributed by atoms with E-state index >= 15 is 0 Å². The Labute approximate surface area is 261 Å². The van der Waals surface area contributed by atoms with Crippen LogP contribution in [0, 0.1) is 0 Å². The fraction of sp³-hybridized carbons (Fsp3) is 0.514. The second-order valence-electron chi connectivity index (χ2n) is 11.5. The summed E-state index contributed by atoms with van der Waals surface area (Å²) in [6.07, 6.45) is 10.2. The van der Waals surface area contributed by atoms with Crippen molar-refractivity contribution in [2.45, 2.75) is 110 Å². The molecule has 2 aromatic carbocycles. The van der Waals surface area contributed by atoms with Crippen LogP contribution in [-0.2, 0) is 15.9 Å². The minimum atomic E-state index is -4.33. The molecule has 0 spiro atoms. The minimum absolute atomic E-state index is 0.0671. The lowest BCUT2D eigenvalue weighted by Gasteiger charge is -2.16. The molecule has 0 saturated carbocycles. The number of alkyl halides is 3. The maximum atomic E-state index is 12.4. The third-order valence-corrected chi connectivity index (χ3v) is 7.89. The van der Waals surface area contributed by atoms with Gasteiger partial charge in [0.15, 0.2) is 6.10 Å². The highest BCUT2D eigenvalue weighted by Gasteiger charge is 2.36. The van der Waals surface area contributed by atoms with Crippen LogP contribution >= 0.6 is 0 Å². The zero-order chi connectivity index (χ0) is 31.6. The van der Waals surface area contributed by atoms with Crippen LogP contribution in [0.1, 0.15) is 107 Å². The van der Waals surface area contributed by atoms with Gasteiger partial charge in [-0.3, -0.25) is 4.98 Å². The number of hydrogen-bond donors (Lipinski definition) is 0. The Kier molecular flexibility index (Phi) is 15.4. The van der Waals surface area contributed by atoms with Gasteiger partial charge < -0.3 is 9.47 Å². The van der Waals surface area contributed by atoms with Gasteiger partial charge in [-0.25, -0.2) is 4.79 Å². The molecule has 1 unspecified atom stereocenters. The molecule has 3 rings (SSSR count). The van der Waals surface area contributed by atoms with E-state index in [2.05, 4.69) is 36.2 Å². The fourth-order valence-electron chi connectivity index (χ4n) is 5.00. The summed E-state index contributed by atoms with van der Waals surface area (Å²) in [7, 11) is 0. The molecular formula is C37H48F3NO3. The van der Waals surface area contributed by atoms with Gasteiger partial charge in [0, 0.05) is 23.9 Å². The van der Waals surface area contributed by atoms with Crippen molar-refractivity contribution in [1.29, 1.82) is 0 Å². The largest absolute Gasteiger partial charge is 0.462 e. The number of carbonyl (C=O) groups is 1. The predicted octanol–water partition coefficient (Wildman–Crippen LogP) is 10.8. The van der Waals surface area contributed by atoms with Crippen molar-refractivity contribution in [3.63, 3.8) is 0 Å². The van der Waals surface area contributed by atoms with E-state index in [1.165, 1.54) is 56.9 Å². The number of rotatable bonds is 20. The maximum Gasteiger partial charge on any atom is 0.414 e. The molecule has 0 bridgehead atoms. The number of halogens is 3.